The fourth-order valence-electron chi connectivity index (χ4n) is 1.67. The van der Waals surface area contributed by atoms with Gasteiger partial charge in [-0.3, -0.25) is 4.79 Å². The Balaban J connectivity index is 3.20. The summed E-state index contributed by atoms with van der Waals surface area (Å²) in [6, 6.07) is 3.22. The molecule has 0 spiro atoms. The van der Waals surface area contributed by atoms with Gasteiger partial charge in [0.1, 0.15) is 11.6 Å². The zero-order valence-corrected chi connectivity index (χ0v) is 10.2. The van der Waals surface area contributed by atoms with Crippen LogP contribution in [-0.4, -0.2) is 12.6 Å². The molecule has 0 heterocycles. The van der Waals surface area contributed by atoms with Gasteiger partial charge in [-0.25, -0.2) is 8.78 Å². The van der Waals surface area contributed by atoms with E-state index >= 15 is 0 Å². The zero-order valence-electron chi connectivity index (χ0n) is 10.2. The van der Waals surface area contributed by atoms with E-state index < -0.39 is 23.0 Å². The average Bonchev–Trinajstić information content (AvgIpc) is 2.28. The smallest absolute Gasteiger partial charge is 0.316 e. The third kappa shape index (κ3) is 2.62. The highest BCUT2D eigenvalue weighted by Gasteiger charge is 2.37. The summed E-state index contributed by atoms with van der Waals surface area (Å²) in [4.78, 5) is 11.9. The zero-order chi connectivity index (χ0) is 13.1. The minimum Gasteiger partial charge on any atom is -0.465 e. The van der Waals surface area contributed by atoms with E-state index in [0.29, 0.717) is 6.42 Å². The van der Waals surface area contributed by atoms with E-state index in [9.17, 15) is 13.6 Å². The fraction of sp³-hybridized carbons (Fsp3) is 0.462. The van der Waals surface area contributed by atoms with Gasteiger partial charge in [0.2, 0.25) is 0 Å². The number of carbonyl (C=O) groups excluding carboxylic acids is 1. The largest absolute Gasteiger partial charge is 0.465 e. The molecule has 0 aliphatic carbocycles. The van der Waals surface area contributed by atoms with Crippen molar-refractivity contribution in [2.45, 2.75) is 32.6 Å². The third-order valence-corrected chi connectivity index (χ3v) is 2.96. The molecule has 0 aliphatic rings. The van der Waals surface area contributed by atoms with Crippen LogP contribution in [0.5, 0.6) is 0 Å². The van der Waals surface area contributed by atoms with Gasteiger partial charge in [0.25, 0.3) is 0 Å². The Labute approximate surface area is 99.6 Å². The van der Waals surface area contributed by atoms with E-state index in [-0.39, 0.29) is 12.2 Å². The van der Waals surface area contributed by atoms with Crippen LogP contribution in [0, 0.1) is 11.6 Å². The molecule has 94 valence electrons. The van der Waals surface area contributed by atoms with E-state index in [2.05, 4.69) is 0 Å². The monoisotopic (exact) mass is 242 g/mol. The molecular formula is C13H16F2O2. The number of hydrogen-bond acceptors (Lipinski definition) is 2. The maximum absolute atomic E-state index is 13.7. The molecule has 0 radical (unpaired) electrons. The van der Waals surface area contributed by atoms with Gasteiger partial charge >= 0.3 is 5.97 Å². The Morgan fingerprint density at radius 3 is 2.47 bits per heavy atom. The Bertz CT molecular complexity index is 418. The highest BCUT2D eigenvalue weighted by Crippen LogP contribution is 2.31. The number of halogens is 2. The predicted octanol–water partition coefficient (Wildman–Crippen LogP) is 3.20. The number of rotatable bonds is 4. The van der Waals surface area contributed by atoms with Crippen LogP contribution in [0.4, 0.5) is 8.78 Å². The Hall–Kier alpha value is -1.45. The molecule has 0 aromatic heterocycles. The number of ether oxygens (including phenoxy) is 1. The lowest BCUT2D eigenvalue weighted by Crippen LogP contribution is -2.34. The first-order valence-corrected chi connectivity index (χ1v) is 5.58. The van der Waals surface area contributed by atoms with Crippen LogP contribution in [0.15, 0.2) is 18.2 Å². The molecular weight excluding hydrogens is 226 g/mol. The first-order chi connectivity index (χ1) is 7.95. The molecule has 17 heavy (non-hydrogen) atoms. The second-order valence-corrected chi connectivity index (χ2v) is 4.03. The van der Waals surface area contributed by atoms with Gasteiger partial charge in [-0.05, 0) is 26.3 Å². The molecule has 0 saturated heterocycles. The molecule has 1 unspecified atom stereocenters. The summed E-state index contributed by atoms with van der Waals surface area (Å²) in [6.07, 6.45) is 0.383. The van der Waals surface area contributed by atoms with Gasteiger partial charge in [-0.2, -0.15) is 0 Å². The van der Waals surface area contributed by atoms with Crippen molar-refractivity contribution in [2.75, 3.05) is 6.61 Å². The number of carbonyl (C=O) groups is 1. The molecule has 1 aromatic carbocycles. The summed E-state index contributed by atoms with van der Waals surface area (Å²) in [6.45, 7) is 5.28. The van der Waals surface area contributed by atoms with E-state index in [4.69, 9.17) is 4.74 Å². The predicted molar refractivity (Wildman–Crippen MR) is 60.6 cm³/mol. The molecule has 1 atom stereocenters. The number of hydrogen-bond donors (Lipinski definition) is 0. The quantitative estimate of drug-likeness (QED) is 0.758. The minimum absolute atomic E-state index is 0.167. The average molecular weight is 242 g/mol. The lowest BCUT2D eigenvalue weighted by Gasteiger charge is -2.26. The lowest BCUT2D eigenvalue weighted by atomic mass is 9.80. The Morgan fingerprint density at radius 1 is 1.35 bits per heavy atom. The van der Waals surface area contributed by atoms with Crippen molar-refractivity contribution >= 4 is 5.97 Å². The van der Waals surface area contributed by atoms with Gasteiger partial charge in [-0.1, -0.05) is 13.0 Å². The summed E-state index contributed by atoms with van der Waals surface area (Å²) in [5.41, 5.74) is -0.909. The molecule has 0 fully saturated rings. The molecule has 0 N–H and O–H groups in total. The molecule has 0 saturated carbocycles. The topological polar surface area (TPSA) is 26.3 Å². The second-order valence-electron chi connectivity index (χ2n) is 4.03. The minimum atomic E-state index is -1.08. The first-order valence-electron chi connectivity index (χ1n) is 5.58. The summed E-state index contributed by atoms with van der Waals surface area (Å²) >= 11 is 0. The summed E-state index contributed by atoms with van der Waals surface area (Å²) in [5.74, 6) is -1.87. The summed E-state index contributed by atoms with van der Waals surface area (Å²) in [5, 5.41) is 0. The van der Waals surface area contributed by atoms with Crippen molar-refractivity contribution in [1.29, 1.82) is 0 Å². The van der Waals surface area contributed by atoms with E-state index in [1.165, 1.54) is 6.07 Å². The van der Waals surface area contributed by atoms with Crippen LogP contribution in [0.2, 0.25) is 0 Å². The van der Waals surface area contributed by atoms with Gasteiger partial charge in [-0.15, -0.1) is 0 Å². The van der Waals surface area contributed by atoms with Crippen molar-refractivity contribution in [1.82, 2.24) is 0 Å². The maximum Gasteiger partial charge on any atom is 0.316 e. The second kappa shape index (κ2) is 5.25. The number of esters is 1. The van der Waals surface area contributed by atoms with Crippen LogP contribution in [0.3, 0.4) is 0 Å². The van der Waals surface area contributed by atoms with Crippen molar-refractivity contribution in [2.24, 2.45) is 0 Å². The van der Waals surface area contributed by atoms with Crippen molar-refractivity contribution in [3.05, 3.63) is 35.4 Å². The van der Waals surface area contributed by atoms with Gasteiger partial charge in [0.05, 0.1) is 12.0 Å². The van der Waals surface area contributed by atoms with E-state index in [1.807, 2.05) is 0 Å². The molecule has 1 rings (SSSR count). The van der Waals surface area contributed by atoms with Crippen LogP contribution < -0.4 is 0 Å². The standard InChI is InChI=1S/C13H16F2O2/c1-4-13(3,12(16)17-5-2)10-7-6-9(14)8-11(10)15/h6-8H,4-5H2,1-3H3. The SMILES string of the molecule is CCOC(=O)C(C)(CC)c1ccc(F)cc1F. The third-order valence-electron chi connectivity index (χ3n) is 2.96. The molecule has 0 aliphatic heterocycles. The van der Waals surface area contributed by atoms with Crippen LogP contribution in [-0.2, 0) is 14.9 Å². The normalized spacial score (nSPS) is 14.2. The van der Waals surface area contributed by atoms with Crippen LogP contribution in [0.1, 0.15) is 32.8 Å². The first kappa shape index (κ1) is 13.6. The van der Waals surface area contributed by atoms with Crippen LogP contribution >= 0.6 is 0 Å². The summed E-state index contributed by atoms with van der Waals surface area (Å²) < 4.78 is 31.5. The Morgan fingerprint density at radius 2 is 2.00 bits per heavy atom. The molecule has 0 amide bonds. The van der Waals surface area contributed by atoms with Crippen molar-refractivity contribution in [3.8, 4) is 0 Å². The molecule has 4 heteroatoms. The van der Waals surface area contributed by atoms with Crippen molar-refractivity contribution in [3.63, 3.8) is 0 Å². The van der Waals surface area contributed by atoms with Gasteiger partial charge < -0.3 is 4.74 Å². The maximum atomic E-state index is 13.7. The lowest BCUT2D eigenvalue weighted by molar-refractivity contribution is -0.149. The van der Waals surface area contributed by atoms with Crippen molar-refractivity contribution < 1.29 is 18.3 Å². The van der Waals surface area contributed by atoms with E-state index in [0.717, 1.165) is 12.1 Å². The molecule has 1 aromatic rings. The molecule has 0 bridgehead atoms. The summed E-state index contributed by atoms with van der Waals surface area (Å²) in [7, 11) is 0. The van der Waals surface area contributed by atoms with Crippen LogP contribution in [0.25, 0.3) is 0 Å². The highest BCUT2D eigenvalue weighted by atomic mass is 19.1. The van der Waals surface area contributed by atoms with E-state index in [1.54, 1.807) is 20.8 Å². The fourth-order valence-corrected chi connectivity index (χ4v) is 1.67. The Kier molecular flexibility index (Phi) is 4.21. The van der Waals surface area contributed by atoms with Gasteiger partial charge in [0, 0.05) is 11.6 Å². The van der Waals surface area contributed by atoms with Gasteiger partial charge in [0.15, 0.2) is 0 Å². The number of benzene rings is 1. The molecule has 2 nitrogen and oxygen atoms in total. The highest BCUT2D eigenvalue weighted by molar-refractivity contribution is 5.82.